The quantitative estimate of drug-likeness (QED) is 0.917. The number of hydrogen-bond acceptors (Lipinski definition) is 3. The van der Waals surface area contributed by atoms with Crippen LogP contribution in [0.25, 0.3) is 0 Å². The van der Waals surface area contributed by atoms with E-state index in [1.54, 1.807) is 0 Å². The predicted octanol–water partition coefficient (Wildman–Crippen LogP) is 2.47. The van der Waals surface area contributed by atoms with Crippen LogP contribution >= 0.6 is 0 Å². The van der Waals surface area contributed by atoms with Crippen molar-refractivity contribution in [1.29, 1.82) is 5.26 Å². The van der Waals surface area contributed by atoms with E-state index in [0.717, 1.165) is 24.1 Å². The monoisotopic (exact) mass is 269 g/mol. The summed E-state index contributed by atoms with van der Waals surface area (Å²) in [6.07, 6.45) is 4.96. The molecule has 0 radical (unpaired) electrons. The van der Waals surface area contributed by atoms with E-state index in [2.05, 4.69) is 23.1 Å². The third-order valence-corrected chi connectivity index (χ3v) is 5.05. The summed E-state index contributed by atoms with van der Waals surface area (Å²) in [7, 11) is 0. The molecular weight excluding hydrogens is 246 g/mol. The largest absolute Gasteiger partial charge is 0.330 e. The Hall–Kier alpha value is -1.37. The van der Waals surface area contributed by atoms with E-state index >= 15 is 0 Å². The molecule has 0 aromatic heterocycles. The molecule has 1 heterocycles. The summed E-state index contributed by atoms with van der Waals surface area (Å²) in [4.78, 5) is 2.60. The van der Waals surface area contributed by atoms with Gasteiger partial charge in [-0.3, -0.25) is 4.90 Å². The topological polar surface area (TPSA) is 53.0 Å². The molecule has 1 saturated carbocycles. The number of benzene rings is 1. The summed E-state index contributed by atoms with van der Waals surface area (Å²) in [5, 5.41) is 9.22. The number of hydrogen-bond donors (Lipinski definition) is 1. The van der Waals surface area contributed by atoms with Gasteiger partial charge < -0.3 is 5.73 Å². The van der Waals surface area contributed by atoms with E-state index in [0.29, 0.717) is 5.92 Å². The zero-order valence-corrected chi connectivity index (χ0v) is 12.0. The van der Waals surface area contributed by atoms with Gasteiger partial charge in [-0.2, -0.15) is 5.26 Å². The Morgan fingerprint density at radius 1 is 1.15 bits per heavy atom. The maximum absolute atomic E-state index is 9.22. The Kier molecular flexibility index (Phi) is 4.05. The highest BCUT2D eigenvalue weighted by molar-refractivity contribution is 5.39. The second kappa shape index (κ2) is 5.95. The molecule has 2 fully saturated rings. The van der Waals surface area contributed by atoms with Crippen LogP contribution in [0, 0.1) is 17.2 Å². The number of nitrogens with two attached hydrogens (primary N) is 1. The third kappa shape index (κ3) is 2.59. The third-order valence-electron chi connectivity index (χ3n) is 5.05. The van der Waals surface area contributed by atoms with Crippen LogP contribution in [0.1, 0.15) is 42.7 Å². The average Bonchev–Trinajstić information content (AvgIpc) is 2.47. The molecule has 106 valence electrons. The summed E-state index contributed by atoms with van der Waals surface area (Å²) in [5.41, 5.74) is 7.82. The second-order valence-corrected chi connectivity index (χ2v) is 6.26. The van der Waals surface area contributed by atoms with Gasteiger partial charge in [0, 0.05) is 19.1 Å². The van der Waals surface area contributed by atoms with Crippen molar-refractivity contribution in [2.45, 2.75) is 37.6 Å². The maximum atomic E-state index is 9.22. The molecule has 1 saturated heterocycles. The standard InChI is InChI=1S/C17H23N3/c18-9-13-11-20(12-13)16-7-5-14(6-8-16)17-4-2-1-3-15(17)10-19/h1-4,13-14,16H,5-9,11-12,18H2. The minimum Gasteiger partial charge on any atom is -0.330 e. The molecule has 20 heavy (non-hydrogen) atoms. The Bertz CT molecular complexity index is 491. The van der Waals surface area contributed by atoms with E-state index in [1.807, 2.05) is 12.1 Å². The summed E-state index contributed by atoms with van der Waals surface area (Å²) in [6, 6.07) is 11.2. The molecular formula is C17H23N3. The van der Waals surface area contributed by atoms with E-state index in [4.69, 9.17) is 5.73 Å². The lowest BCUT2D eigenvalue weighted by Crippen LogP contribution is -2.55. The lowest BCUT2D eigenvalue weighted by Gasteiger charge is -2.46. The molecule has 3 heteroatoms. The number of likely N-dealkylation sites (tertiary alicyclic amines) is 1. The first-order valence-electron chi connectivity index (χ1n) is 7.75. The SMILES string of the molecule is N#Cc1ccccc1C1CCC(N2CC(CN)C2)CC1. The molecule has 0 bridgehead atoms. The van der Waals surface area contributed by atoms with E-state index in [-0.39, 0.29) is 0 Å². The lowest BCUT2D eigenvalue weighted by molar-refractivity contribution is 0.0367. The Morgan fingerprint density at radius 2 is 1.85 bits per heavy atom. The predicted molar refractivity (Wildman–Crippen MR) is 80.3 cm³/mol. The molecule has 3 rings (SSSR count). The molecule has 2 N–H and O–H groups in total. The Labute approximate surface area is 121 Å². The first-order chi connectivity index (χ1) is 9.81. The van der Waals surface area contributed by atoms with Crippen molar-refractivity contribution in [3.63, 3.8) is 0 Å². The first kappa shape index (κ1) is 13.6. The fourth-order valence-corrected chi connectivity index (χ4v) is 3.76. The van der Waals surface area contributed by atoms with Gasteiger partial charge in [-0.05, 0) is 55.7 Å². The lowest BCUT2D eigenvalue weighted by atomic mass is 9.78. The summed E-state index contributed by atoms with van der Waals surface area (Å²) < 4.78 is 0. The number of rotatable bonds is 3. The maximum Gasteiger partial charge on any atom is 0.0994 e. The van der Waals surface area contributed by atoms with Crippen molar-refractivity contribution in [2.24, 2.45) is 11.7 Å². The van der Waals surface area contributed by atoms with Gasteiger partial charge in [0.1, 0.15) is 0 Å². The van der Waals surface area contributed by atoms with Crippen molar-refractivity contribution in [2.75, 3.05) is 19.6 Å². The van der Waals surface area contributed by atoms with Crippen LogP contribution in [0.4, 0.5) is 0 Å². The number of nitrogens with zero attached hydrogens (tertiary/aromatic N) is 2. The highest BCUT2D eigenvalue weighted by Crippen LogP contribution is 2.37. The van der Waals surface area contributed by atoms with E-state index < -0.39 is 0 Å². The summed E-state index contributed by atoms with van der Waals surface area (Å²) >= 11 is 0. The molecule has 2 aliphatic rings. The highest BCUT2D eigenvalue weighted by Gasteiger charge is 2.34. The minimum absolute atomic E-state index is 0.577. The van der Waals surface area contributed by atoms with Crippen LogP contribution in [0.5, 0.6) is 0 Å². The highest BCUT2D eigenvalue weighted by atomic mass is 15.2. The second-order valence-electron chi connectivity index (χ2n) is 6.26. The van der Waals surface area contributed by atoms with Gasteiger partial charge in [-0.15, -0.1) is 0 Å². The van der Waals surface area contributed by atoms with Crippen LogP contribution in [-0.4, -0.2) is 30.6 Å². The van der Waals surface area contributed by atoms with Crippen LogP contribution in [0.15, 0.2) is 24.3 Å². The van der Waals surface area contributed by atoms with Crippen molar-refractivity contribution < 1.29 is 0 Å². The molecule has 0 unspecified atom stereocenters. The molecule has 1 aliphatic carbocycles. The normalized spacial score (nSPS) is 27.8. The van der Waals surface area contributed by atoms with Gasteiger partial charge >= 0.3 is 0 Å². The van der Waals surface area contributed by atoms with Crippen LogP contribution < -0.4 is 5.73 Å². The Morgan fingerprint density at radius 3 is 2.50 bits per heavy atom. The molecule has 3 nitrogen and oxygen atoms in total. The fourth-order valence-electron chi connectivity index (χ4n) is 3.76. The van der Waals surface area contributed by atoms with Gasteiger partial charge in [-0.25, -0.2) is 0 Å². The molecule has 1 aromatic rings. The molecule has 1 aromatic carbocycles. The van der Waals surface area contributed by atoms with Gasteiger partial charge in [0.05, 0.1) is 11.6 Å². The molecule has 1 aliphatic heterocycles. The van der Waals surface area contributed by atoms with Gasteiger partial charge in [0.2, 0.25) is 0 Å². The smallest absolute Gasteiger partial charge is 0.0994 e. The van der Waals surface area contributed by atoms with Gasteiger partial charge in [0.15, 0.2) is 0 Å². The van der Waals surface area contributed by atoms with E-state index in [9.17, 15) is 5.26 Å². The molecule has 0 amide bonds. The first-order valence-corrected chi connectivity index (χ1v) is 7.75. The van der Waals surface area contributed by atoms with Crippen molar-refractivity contribution in [3.05, 3.63) is 35.4 Å². The van der Waals surface area contributed by atoms with Crippen molar-refractivity contribution >= 4 is 0 Å². The van der Waals surface area contributed by atoms with Crippen LogP contribution in [0.2, 0.25) is 0 Å². The summed E-state index contributed by atoms with van der Waals surface area (Å²) in [6.45, 7) is 3.22. The van der Waals surface area contributed by atoms with Crippen LogP contribution in [-0.2, 0) is 0 Å². The zero-order chi connectivity index (χ0) is 13.9. The zero-order valence-electron chi connectivity index (χ0n) is 12.0. The van der Waals surface area contributed by atoms with Crippen LogP contribution in [0.3, 0.4) is 0 Å². The Balaban J connectivity index is 1.58. The van der Waals surface area contributed by atoms with E-state index in [1.165, 1.54) is 44.3 Å². The van der Waals surface area contributed by atoms with Gasteiger partial charge in [-0.1, -0.05) is 18.2 Å². The molecule has 0 spiro atoms. The van der Waals surface area contributed by atoms with Gasteiger partial charge in [0.25, 0.3) is 0 Å². The van der Waals surface area contributed by atoms with Crippen molar-refractivity contribution in [1.82, 2.24) is 4.90 Å². The summed E-state index contributed by atoms with van der Waals surface area (Å²) in [5.74, 6) is 1.31. The minimum atomic E-state index is 0.577. The number of nitriles is 1. The van der Waals surface area contributed by atoms with Crippen molar-refractivity contribution in [3.8, 4) is 6.07 Å². The molecule has 0 atom stereocenters. The average molecular weight is 269 g/mol. The fraction of sp³-hybridized carbons (Fsp3) is 0.588.